The molecule has 0 unspecified atom stereocenters. The van der Waals surface area contributed by atoms with Crippen LogP contribution >= 0.6 is 11.6 Å². The van der Waals surface area contributed by atoms with Crippen LogP contribution in [0.15, 0.2) is 42.5 Å². The Labute approximate surface area is 97.7 Å². The summed E-state index contributed by atoms with van der Waals surface area (Å²) < 4.78 is 0. The van der Waals surface area contributed by atoms with Crippen molar-refractivity contribution in [3.05, 3.63) is 64.1 Å². The SMILES string of the molecule is [N-]=[N+]=C1c2ccccc2-c2c(Cl)cccc21. The highest BCUT2D eigenvalue weighted by molar-refractivity contribution is 6.36. The lowest BCUT2D eigenvalue weighted by Crippen LogP contribution is -1.98. The van der Waals surface area contributed by atoms with Gasteiger partial charge in [0.15, 0.2) is 0 Å². The first-order valence-electron chi connectivity index (χ1n) is 4.93. The lowest BCUT2D eigenvalue weighted by molar-refractivity contribution is -0.00243. The average Bonchev–Trinajstić information content (AvgIpc) is 2.64. The minimum atomic E-state index is 0.591. The highest BCUT2D eigenvalue weighted by Gasteiger charge is 2.32. The first-order valence-corrected chi connectivity index (χ1v) is 5.31. The molecule has 0 fully saturated rings. The van der Waals surface area contributed by atoms with Crippen molar-refractivity contribution in [2.24, 2.45) is 0 Å². The Hall–Kier alpha value is -1.89. The number of halogens is 1. The predicted molar refractivity (Wildman–Crippen MR) is 63.7 cm³/mol. The second kappa shape index (κ2) is 3.31. The molecule has 16 heavy (non-hydrogen) atoms. The summed E-state index contributed by atoms with van der Waals surface area (Å²) in [4.78, 5) is 3.37. The summed E-state index contributed by atoms with van der Waals surface area (Å²) in [5.74, 6) is 0. The highest BCUT2D eigenvalue weighted by Crippen LogP contribution is 2.40. The molecular formula is C13H7ClN2. The molecule has 0 saturated carbocycles. The van der Waals surface area contributed by atoms with Crippen molar-refractivity contribution in [3.63, 3.8) is 0 Å². The third-order valence-corrected chi connectivity index (χ3v) is 3.14. The van der Waals surface area contributed by atoms with Gasteiger partial charge >= 0.3 is 5.71 Å². The van der Waals surface area contributed by atoms with Gasteiger partial charge in [-0.15, -0.1) is 0 Å². The summed E-state index contributed by atoms with van der Waals surface area (Å²) in [6.07, 6.45) is 0. The van der Waals surface area contributed by atoms with Gasteiger partial charge in [0.1, 0.15) is 0 Å². The summed E-state index contributed by atoms with van der Waals surface area (Å²) >= 11 is 6.18. The zero-order valence-corrected chi connectivity index (χ0v) is 9.07. The average molecular weight is 227 g/mol. The number of benzene rings is 2. The van der Waals surface area contributed by atoms with Crippen molar-refractivity contribution >= 4 is 17.3 Å². The summed E-state index contributed by atoms with van der Waals surface area (Å²) in [5, 5.41) is 0.684. The predicted octanol–water partition coefficient (Wildman–Crippen LogP) is 3.39. The number of rotatable bonds is 0. The fourth-order valence-corrected chi connectivity index (χ4v) is 2.43. The molecule has 0 amide bonds. The summed E-state index contributed by atoms with van der Waals surface area (Å²) in [5.41, 5.74) is 13.5. The molecule has 2 aromatic rings. The van der Waals surface area contributed by atoms with Crippen molar-refractivity contribution in [1.29, 1.82) is 0 Å². The molecular weight excluding hydrogens is 220 g/mol. The highest BCUT2D eigenvalue weighted by atomic mass is 35.5. The minimum absolute atomic E-state index is 0.591. The lowest BCUT2D eigenvalue weighted by Gasteiger charge is -2.00. The number of fused-ring (bicyclic) bond motifs is 3. The van der Waals surface area contributed by atoms with E-state index in [0.717, 1.165) is 22.3 Å². The third kappa shape index (κ3) is 1.09. The van der Waals surface area contributed by atoms with Crippen molar-refractivity contribution in [1.82, 2.24) is 0 Å². The molecule has 1 aliphatic rings. The van der Waals surface area contributed by atoms with Crippen molar-refractivity contribution in [3.8, 4) is 11.1 Å². The first-order chi connectivity index (χ1) is 7.83. The number of hydrogen-bond acceptors (Lipinski definition) is 0. The van der Waals surface area contributed by atoms with Gasteiger partial charge in [-0.25, -0.2) is 0 Å². The molecule has 0 radical (unpaired) electrons. The van der Waals surface area contributed by atoms with E-state index in [9.17, 15) is 0 Å². The van der Waals surface area contributed by atoms with E-state index in [1.165, 1.54) is 0 Å². The maximum Gasteiger partial charge on any atom is 0.330 e. The number of nitrogens with zero attached hydrogens (tertiary/aromatic N) is 2. The van der Waals surface area contributed by atoms with Crippen LogP contribution < -0.4 is 0 Å². The van der Waals surface area contributed by atoms with Crippen molar-refractivity contribution < 1.29 is 4.79 Å². The molecule has 0 N–H and O–H groups in total. The van der Waals surface area contributed by atoms with E-state index in [1.54, 1.807) is 0 Å². The molecule has 3 heteroatoms. The smallest absolute Gasteiger partial charge is 0.330 e. The Balaban J connectivity index is 2.49. The Morgan fingerprint density at radius 1 is 0.875 bits per heavy atom. The topological polar surface area (TPSA) is 36.4 Å². The quantitative estimate of drug-likeness (QED) is 0.416. The molecule has 0 aliphatic heterocycles. The van der Waals surface area contributed by atoms with E-state index < -0.39 is 0 Å². The molecule has 0 aromatic heterocycles. The number of hydrogen-bond donors (Lipinski definition) is 0. The lowest BCUT2D eigenvalue weighted by atomic mass is 10.1. The van der Waals surface area contributed by atoms with Gasteiger partial charge < -0.3 is 5.53 Å². The maximum atomic E-state index is 9.10. The molecule has 76 valence electrons. The molecule has 2 aromatic carbocycles. The van der Waals surface area contributed by atoms with E-state index in [1.807, 2.05) is 42.5 Å². The minimum Gasteiger partial charge on any atom is -0.361 e. The monoisotopic (exact) mass is 226 g/mol. The van der Waals surface area contributed by atoms with Crippen LogP contribution in [0.1, 0.15) is 11.1 Å². The van der Waals surface area contributed by atoms with Crippen LogP contribution in [0.5, 0.6) is 0 Å². The Bertz CT molecular complexity index is 640. The van der Waals surface area contributed by atoms with Gasteiger partial charge in [0, 0.05) is 10.6 Å². The van der Waals surface area contributed by atoms with Crippen molar-refractivity contribution in [2.75, 3.05) is 0 Å². The van der Waals surface area contributed by atoms with Gasteiger partial charge in [0.2, 0.25) is 0 Å². The van der Waals surface area contributed by atoms with Gasteiger partial charge in [-0.1, -0.05) is 35.9 Å². The zero-order valence-electron chi connectivity index (χ0n) is 8.31. The van der Waals surface area contributed by atoms with E-state index in [0.29, 0.717) is 10.7 Å². The van der Waals surface area contributed by atoms with Crippen LogP contribution in [0.4, 0.5) is 0 Å². The van der Waals surface area contributed by atoms with Gasteiger partial charge in [0.25, 0.3) is 0 Å². The largest absolute Gasteiger partial charge is 0.361 e. The third-order valence-electron chi connectivity index (χ3n) is 2.82. The first kappa shape index (κ1) is 9.34. The van der Waals surface area contributed by atoms with Crippen LogP contribution in [0.25, 0.3) is 16.7 Å². The molecule has 0 heterocycles. The molecule has 2 nitrogen and oxygen atoms in total. The standard InChI is InChI=1S/C13H7ClN2/c14-11-7-3-6-10-12(11)8-4-1-2-5-9(8)13(10)16-15/h1-7H. The zero-order chi connectivity index (χ0) is 11.1. The summed E-state index contributed by atoms with van der Waals surface area (Å²) in [6.45, 7) is 0. The molecule has 0 atom stereocenters. The summed E-state index contributed by atoms with van der Waals surface area (Å²) in [7, 11) is 0. The fourth-order valence-electron chi connectivity index (χ4n) is 2.16. The van der Waals surface area contributed by atoms with Crippen LogP contribution in [0.3, 0.4) is 0 Å². The molecule has 0 bridgehead atoms. The normalized spacial score (nSPS) is 11.9. The molecule has 3 rings (SSSR count). The van der Waals surface area contributed by atoms with E-state index in [4.69, 9.17) is 17.1 Å². The van der Waals surface area contributed by atoms with Gasteiger partial charge in [-0.2, -0.15) is 4.79 Å². The van der Waals surface area contributed by atoms with E-state index >= 15 is 0 Å². The van der Waals surface area contributed by atoms with Crippen LogP contribution in [0.2, 0.25) is 5.02 Å². The fraction of sp³-hybridized carbons (Fsp3) is 0. The Morgan fingerprint density at radius 2 is 1.56 bits per heavy atom. The van der Waals surface area contributed by atoms with Crippen LogP contribution in [0, 0.1) is 0 Å². The van der Waals surface area contributed by atoms with E-state index in [-0.39, 0.29) is 0 Å². The van der Waals surface area contributed by atoms with Crippen molar-refractivity contribution in [2.45, 2.75) is 0 Å². The Morgan fingerprint density at radius 3 is 2.31 bits per heavy atom. The van der Waals surface area contributed by atoms with Gasteiger partial charge in [0.05, 0.1) is 11.1 Å². The second-order valence-electron chi connectivity index (χ2n) is 3.66. The van der Waals surface area contributed by atoms with Gasteiger partial charge in [-0.05, 0) is 23.8 Å². The Kier molecular flexibility index (Phi) is 1.93. The summed E-state index contributed by atoms with van der Waals surface area (Å²) in [6, 6.07) is 13.4. The second-order valence-corrected chi connectivity index (χ2v) is 4.06. The molecule has 0 spiro atoms. The molecule has 0 saturated heterocycles. The van der Waals surface area contributed by atoms with E-state index in [2.05, 4.69) is 4.79 Å². The van der Waals surface area contributed by atoms with Crippen LogP contribution in [-0.4, -0.2) is 10.5 Å². The van der Waals surface area contributed by atoms with Crippen LogP contribution in [-0.2, 0) is 0 Å². The van der Waals surface area contributed by atoms with Gasteiger partial charge in [-0.3, -0.25) is 0 Å². The molecule has 1 aliphatic carbocycles. The maximum absolute atomic E-state index is 9.10.